The molecule has 37 heavy (non-hydrogen) atoms. The first-order valence-electron chi connectivity index (χ1n) is 12.0. The Balaban J connectivity index is 1.36. The third-order valence-corrected chi connectivity index (χ3v) is 6.84. The van der Waals surface area contributed by atoms with Crippen molar-refractivity contribution in [2.24, 2.45) is 0 Å². The Morgan fingerprint density at radius 2 is 1.51 bits per heavy atom. The van der Waals surface area contributed by atoms with Crippen LogP contribution in [0.1, 0.15) is 22.6 Å². The first kappa shape index (κ1) is 24.2. The van der Waals surface area contributed by atoms with Gasteiger partial charge in [-0.05, 0) is 39.1 Å². The van der Waals surface area contributed by atoms with Crippen LogP contribution < -0.4 is 14.8 Å². The van der Waals surface area contributed by atoms with Crippen LogP contribution in [0.2, 0.25) is 0 Å². The first-order chi connectivity index (χ1) is 18.0. The lowest BCUT2D eigenvalue weighted by atomic mass is 9.97. The fourth-order valence-electron chi connectivity index (χ4n) is 5.14. The van der Waals surface area contributed by atoms with Gasteiger partial charge in [-0.25, -0.2) is 9.59 Å². The minimum Gasteiger partial charge on any atom is -0.493 e. The number of fused-ring (bicyclic) bond motifs is 4. The van der Waals surface area contributed by atoms with E-state index in [2.05, 4.69) is 17.4 Å². The van der Waals surface area contributed by atoms with E-state index in [1.54, 1.807) is 0 Å². The van der Waals surface area contributed by atoms with E-state index >= 15 is 0 Å². The number of carbonyl (C=O) groups is 2. The molecule has 0 aromatic heterocycles. The number of nitrogens with one attached hydrogen (secondary N) is 1. The molecule has 4 aromatic carbocycles. The van der Waals surface area contributed by atoms with E-state index in [9.17, 15) is 14.7 Å². The van der Waals surface area contributed by atoms with Crippen molar-refractivity contribution in [3.63, 3.8) is 0 Å². The van der Waals surface area contributed by atoms with Gasteiger partial charge in [0.15, 0.2) is 11.5 Å². The van der Waals surface area contributed by atoms with Crippen molar-refractivity contribution in [3.05, 3.63) is 95.6 Å². The Labute approximate surface area is 214 Å². The van der Waals surface area contributed by atoms with Crippen LogP contribution >= 0.6 is 0 Å². The van der Waals surface area contributed by atoms with E-state index in [-0.39, 0.29) is 18.9 Å². The van der Waals surface area contributed by atoms with Crippen molar-refractivity contribution < 1.29 is 28.9 Å². The molecule has 0 saturated heterocycles. The molecule has 7 nitrogen and oxygen atoms in total. The number of ether oxygens (including phenoxy) is 3. The normalized spacial score (nSPS) is 12.9. The minimum absolute atomic E-state index is 0.0135. The number of carbonyl (C=O) groups excluding carboxylic acids is 1. The summed E-state index contributed by atoms with van der Waals surface area (Å²) in [7, 11) is 3.03. The summed E-state index contributed by atoms with van der Waals surface area (Å²) in [6, 6.07) is 24.2. The number of alkyl carbamates (subject to hydrolysis) is 1. The molecule has 1 atom stereocenters. The van der Waals surface area contributed by atoms with Crippen molar-refractivity contribution >= 4 is 22.8 Å². The van der Waals surface area contributed by atoms with Crippen LogP contribution in [0.5, 0.6) is 11.5 Å². The highest BCUT2D eigenvalue weighted by atomic mass is 16.5. The lowest BCUT2D eigenvalue weighted by Crippen LogP contribution is -2.43. The summed E-state index contributed by atoms with van der Waals surface area (Å²) in [5, 5.41) is 14.2. The molecule has 0 bridgehead atoms. The Kier molecular flexibility index (Phi) is 6.68. The summed E-state index contributed by atoms with van der Waals surface area (Å²) in [6.45, 7) is 0.0949. The van der Waals surface area contributed by atoms with E-state index in [4.69, 9.17) is 14.2 Å². The molecule has 0 spiro atoms. The SMILES string of the molecule is COc1cc2ccccc2c(CC(NC(=O)OCC2c3ccccc3-c3ccccc32)C(=O)O)c1OC. The summed E-state index contributed by atoms with van der Waals surface area (Å²) in [4.78, 5) is 25.0. The lowest BCUT2D eigenvalue weighted by molar-refractivity contribution is -0.139. The summed E-state index contributed by atoms with van der Waals surface area (Å²) in [6.07, 6.45) is -0.805. The lowest BCUT2D eigenvalue weighted by Gasteiger charge is -2.20. The monoisotopic (exact) mass is 497 g/mol. The fourth-order valence-corrected chi connectivity index (χ4v) is 5.14. The molecule has 0 heterocycles. The molecule has 0 fully saturated rings. The number of benzene rings is 4. The summed E-state index contributed by atoms with van der Waals surface area (Å²) >= 11 is 0. The van der Waals surface area contributed by atoms with E-state index in [1.165, 1.54) is 14.2 Å². The smallest absolute Gasteiger partial charge is 0.407 e. The van der Waals surface area contributed by atoms with Crippen LogP contribution in [-0.4, -0.2) is 44.0 Å². The maximum absolute atomic E-state index is 12.8. The molecule has 0 aliphatic heterocycles. The van der Waals surface area contributed by atoms with Crippen molar-refractivity contribution in [1.82, 2.24) is 5.32 Å². The Morgan fingerprint density at radius 1 is 0.892 bits per heavy atom. The van der Waals surface area contributed by atoms with Gasteiger partial charge in [-0.1, -0.05) is 72.8 Å². The second-order valence-electron chi connectivity index (χ2n) is 8.88. The molecule has 188 valence electrons. The van der Waals surface area contributed by atoms with Crippen LogP contribution in [0.25, 0.3) is 21.9 Å². The van der Waals surface area contributed by atoms with Crippen LogP contribution in [0, 0.1) is 0 Å². The fraction of sp³-hybridized carbons (Fsp3) is 0.200. The van der Waals surface area contributed by atoms with Crippen LogP contribution in [0.3, 0.4) is 0 Å². The van der Waals surface area contributed by atoms with Crippen LogP contribution in [0.15, 0.2) is 78.9 Å². The topological polar surface area (TPSA) is 94.1 Å². The molecule has 2 N–H and O–H groups in total. The molecule has 0 radical (unpaired) electrons. The predicted octanol–water partition coefficient (Wildman–Crippen LogP) is 5.39. The predicted molar refractivity (Wildman–Crippen MR) is 140 cm³/mol. The largest absolute Gasteiger partial charge is 0.493 e. The third-order valence-electron chi connectivity index (χ3n) is 6.84. The molecular formula is C30H27NO6. The van der Waals surface area contributed by atoms with Gasteiger partial charge < -0.3 is 24.6 Å². The number of aliphatic carboxylic acids is 1. The van der Waals surface area contributed by atoms with Gasteiger partial charge >= 0.3 is 12.1 Å². The molecular weight excluding hydrogens is 470 g/mol. The molecule has 0 saturated carbocycles. The number of methoxy groups -OCH3 is 2. The highest BCUT2D eigenvalue weighted by molar-refractivity contribution is 5.91. The van der Waals surface area contributed by atoms with Crippen LogP contribution in [-0.2, 0) is 16.0 Å². The summed E-state index contributed by atoms with van der Waals surface area (Å²) in [5.41, 5.74) is 5.03. The zero-order chi connectivity index (χ0) is 25.9. The maximum Gasteiger partial charge on any atom is 0.407 e. The molecule has 1 amide bonds. The van der Waals surface area contributed by atoms with Gasteiger partial charge in [-0.2, -0.15) is 0 Å². The van der Waals surface area contributed by atoms with Crippen molar-refractivity contribution in [1.29, 1.82) is 0 Å². The van der Waals surface area contributed by atoms with Gasteiger partial charge in [0.1, 0.15) is 12.6 Å². The molecule has 1 unspecified atom stereocenters. The molecule has 1 aliphatic rings. The van der Waals surface area contributed by atoms with E-state index in [0.29, 0.717) is 17.1 Å². The maximum atomic E-state index is 12.8. The quantitative estimate of drug-likeness (QED) is 0.339. The summed E-state index contributed by atoms with van der Waals surface area (Å²) in [5.74, 6) is -0.380. The highest BCUT2D eigenvalue weighted by Crippen LogP contribution is 2.44. The standard InChI is InChI=1S/C30H27NO6/c1-35-27-15-18-9-3-4-10-19(18)24(28(27)36-2)16-26(29(32)33)31-30(34)37-17-25-22-13-7-5-11-20(22)21-12-6-8-14-23(21)25/h3-15,25-26H,16-17H2,1-2H3,(H,31,34)(H,32,33). The zero-order valence-electron chi connectivity index (χ0n) is 20.6. The minimum atomic E-state index is -1.24. The summed E-state index contributed by atoms with van der Waals surface area (Å²) < 4.78 is 16.6. The van der Waals surface area contributed by atoms with Gasteiger partial charge in [0, 0.05) is 17.9 Å². The van der Waals surface area contributed by atoms with Gasteiger partial charge in [0.25, 0.3) is 0 Å². The Hall–Kier alpha value is -4.52. The van der Waals surface area contributed by atoms with E-state index in [1.807, 2.05) is 66.7 Å². The molecule has 1 aliphatic carbocycles. The van der Waals surface area contributed by atoms with Crippen molar-refractivity contribution in [2.45, 2.75) is 18.4 Å². The van der Waals surface area contributed by atoms with Crippen molar-refractivity contribution in [2.75, 3.05) is 20.8 Å². The number of amides is 1. The number of hydrogen-bond donors (Lipinski definition) is 2. The Morgan fingerprint density at radius 3 is 2.14 bits per heavy atom. The average molecular weight is 498 g/mol. The third kappa shape index (κ3) is 4.56. The van der Waals surface area contributed by atoms with Gasteiger partial charge in [0.05, 0.1) is 14.2 Å². The number of carboxylic acid groups (broad SMARTS) is 1. The number of hydrogen-bond acceptors (Lipinski definition) is 5. The second kappa shape index (κ2) is 10.2. The molecule has 5 rings (SSSR count). The molecule has 4 aromatic rings. The highest BCUT2D eigenvalue weighted by Gasteiger charge is 2.30. The van der Waals surface area contributed by atoms with Gasteiger partial charge in [0.2, 0.25) is 0 Å². The number of rotatable bonds is 8. The second-order valence-corrected chi connectivity index (χ2v) is 8.88. The Bertz CT molecular complexity index is 1430. The first-order valence-corrected chi connectivity index (χ1v) is 12.0. The number of carboxylic acids is 1. The van der Waals surface area contributed by atoms with Crippen LogP contribution in [0.4, 0.5) is 4.79 Å². The van der Waals surface area contributed by atoms with E-state index < -0.39 is 18.1 Å². The van der Waals surface area contributed by atoms with E-state index in [0.717, 1.165) is 33.0 Å². The van der Waals surface area contributed by atoms with Crippen molar-refractivity contribution in [3.8, 4) is 22.6 Å². The molecule has 7 heteroatoms. The average Bonchev–Trinajstić information content (AvgIpc) is 3.24. The van der Waals surface area contributed by atoms with Gasteiger partial charge in [-0.15, -0.1) is 0 Å². The van der Waals surface area contributed by atoms with Gasteiger partial charge in [-0.3, -0.25) is 0 Å². The zero-order valence-corrected chi connectivity index (χ0v) is 20.6.